The Morgan fingerprint density at radius 2 is 2.00 bits per heavy atom. The van der Waals surface area contributed by atoms with E-state index in [1.165, 1.54) is 6.07 Å². The van der Waals surface area contributed by atoms with E-state index in [4.69, 9.17) is 16.6 Å². The number of phenolic OH excluding ortho intramolecular Hbond substituents is 1. The first-order valence-corrected chi connectivity index (χ1v) is 5.43. The molecular weight excluding hydrogens is 236 g/mol. The van der Waals surface area contributed by atoms with E-state index in [-0.39, 0.29) is 23.6 Å². The van der Waals surface area contributed by atoms with Gasteiger partial charge in [-0.1, -0.05) is 13.8 Å². The maximum absolute atomic E-state index is 10.8. The molecule has 0 aromatic heterocycles. The van der Waals surface area contributed by atoms with Crippen molar-refractivity contribution in [1.82, 2.24) is 0 Å². The Hall–Kier alpha value is -1.79. The van der Waals surface area contributed by atoms with Crippen LogP contribution in [0.25, 0.3) is 0 Å². The highest BCUT2D eigenvalue weighted by Crippen LogP contribution is 2.37. The molecular formula is C12H18N2O4. The third-order valence-electron chi connectivity index (χ3n) is 3.01. The van der Waals surface area contributed by atoms with Crippen LogP contribution in [0.1, 0.15) is 35.8 Å². The van der Waals surface area contributed by atoms with Crippen molar-refractivity contribution in [2.75, 3.05) is 12.3 Å². The molecule has 6 nitrogen and oxygen atoms in total. The normalized spacial score (nSPS) is 13.3. The molecule has 1 aromatic carbocycles. The number of hydrogen-bond donors (Lipinski definition) is 5. The van der Waals surface area contributed by atoms with Crippen molar-refractivity contribution in [3.63, 3.8) is 0 Å². The highest BCUT2D eigenvalue weighted by Gasteiger charge is 2.29. The molecule has 1 rings (SSSR count). The highest BCUT2D eigenvalue weighted by molar-refractivity contribution is 5.94. The van der Waals surface area contributed by atoms with Crippen molar-refractivity contribution in [3.8, 4) is 5.75 Å². The number of nitrogen functional groups attached to an aromatic ring is 1. The average molecular weight is 254 g/mol. The zero-order chi connectivity index (χ0) is 14.1. The van der Waals surface area contributed by atoms with Crippen LogP contribution in [-0.2, 0) is 0 Å². The van der Waals surface area contributed by atoms with Crippen molar-refractivity contribution < 1.29 is 20.1 Å². The van der Waals surface area contributed by atoms with Gasteiger partial charge in [0, 0.05) is 29.3 Å². The minimum absolute atomic E-state index is 0.0273. The second-order valence-corrected chi connectivity index (χ2v) is 4.93. The molecule has 0 radical (unpaired) electrons. The van der Waals surface area contributed by atoms with E-state index < -0.39 is 17.4 Å². The second-order valence-electron chi connectivity index (χ2n) is 4.93. The number of carboxylic acid groups (broad SMARTS) is 1. The number of phenols is 1. The average Bonchev–Trinajstić information content (AvgIpc) is 2.30. The van der Waals surface area contributed by atoms with Gasteiger partial charge in [0.2, 0.25) is 0 Å². The molecule has 0 aliphatic carbocycles. The van der Waals surface area contributed by atoms with Gasteiger partial charge in [0.25, 0.3) is 0 Å². The van der Waals surface area contributed by atoms with Crippen LogP contribution in [0, 0.1) is 5.41 Å². The van der Waals surface area contributed by atoms with Crippen molar-refractivity contribution in [3.05, 3.63) is 23.3 Å². The molecule has 0 spiro atoms. The van der Waals surface area contributed by atoms with Crippen molar-refractivity contribution in [2.24, 2.45) is 11.1 Å². The molecule has 0 saturated heterocycles. The molecule has 0 bridgehead atoms. The molecule has 0 fully saturated rings. The maximum Gasteiger partial charge on any atom is 0.337 e. The smallest absolute Gasteiger partial charge is 0.337 e. The fourth-order valence-corrected chi connectivity index (χ4v) is 1.58. The molecule has 0 aliphatic rings. The monoisotopic (exact) mass is 254 g/mol. The number of nitrogens with two attached hydrogens (primary N) is 2. The molecule has 1 atom stereocenters. The number of carbonyl (C=O) groups is 1. The van der Waals surface area contributed by atoms with Crippen LogP contribution in [0.2, 0.25) is 0 Å². The Morgan fingerprint density at radius 3 is 2.44 bits per heavy atom. The van der Waals surface area contributed by atoms with Crippen molar-refractivity contribution in [2.45, 2.75) is 19.9 Å². The largest absolute Gasteiger partial charge is 0.508 e. The summed E-state index contributed by atoms with van der Waals surface area (Å²) in [5.41, 5.74) is 11.1. The fraction of sp³-hybridized carbons (Fsp3) is 0.417. The van der Waals surface area contributed by atoms with E-state index in [1.54, 1.807) is 13.8 Å². The van der Waals surface area contributed by atoms with Gasteiger partial charge in [-0.2, -0.15) is 0 Å². The number of anilines is 1. The molecule has 6 heteroatoms. The highest BCUT2D eigenvalue weighted by atomic mass is 16.4. The van der Waals surface area contributed by atoms with Gasteiger partial charge in [0.05, 0.1) is 5.56 Å². The number of rotatable bonds is 4. The number of aromatic carboxylic acids is 1. The number of aliphatic hydroxyl groups excluding tert-OH is 1. The second kappa shape index (κ2) is 4.83. The summed E-state index contributed by atoms with van der Waals surface area (Å²) in [7, 11) is 0. The molecule has 0 unspecified atom stereocenters. The Kier molecular flexibility index (Phi) is 3.83. The summed E-state index contributed by atoms with van der Waals surface area (Å²) in [5.74, 6) is -1.46. The third-order valence-corrected chi connectivity index (χ3v) is 3.01. The minimum atomic E-state index is -1.22. The zero-order valence-corrected chi connectivity index (χ0v) is 10.3. The van der Waals surface area contributed by atoms with Gasteiger partial charge >= 0.3 is 5.97 Å². The summed E-state index contributed by atoms with van der Waals surface area (Å²) >= 11 is 0. The van der Waals surface area contributed by atoms with Gasteiger partial charge in [-0.15, -0.1) is 0 Å². The molecule has 1 aromatic rings. The molecule has 0 amide bonds. The Balaban J connectivity index is 3.28. The van der Waals surface area contributed by atoms with Gasteiger partial charge in [0.15, 0.2) is 0 Å². The van der Waals surface area contributed by atoms with Crippen LogP contribution in [0.5, 0.6) is 5.75 Å². The van der Waals surface area contributed by atoms with Gasteiger partial charge in [-0.3, -0.25) is 0 Å². The third kappa shape index (κ3) is 2.55. The number of aliphatic hydroxyl groups is 1. The van der Waals surface area contributed by atoms with E-state index in [0.29, 0.717) is 5.56 Å². The summed E-state index contributed by atoms with van der Waals surface area (Å²) in [6, 6.07) is 1.74. The zero-order valence-electron chi connectivity index (χ0n) is 10.3. The summed E-state index contributed by atoms with van der Waals surface area (Å²) in [5, 5.41) is 27.9. The van der Waals surface area contributed by atoms with E-state index in [9.17, 15) is 15.0 Å². The summed E-state index contributed by atoms with van der Waals surface area (Å²) < 4.78 is 0. The SMILES string of the molecule is CC(C)(CO)[C@@H](N)c1cc(N)c(C(=O)O)cc1O. The topological polar surface area (TPSA) is 130 Å². The van der Waals surface area contributed by atoms with Crippen molar-refractivity contribution in [1.29, 1.82) is 0 Å². The van der Waals surface area contributed by atoms with Crippen LogP contribution in [0.15, 0.2) is 12.1 Å². The first kappa shape index (κ1) is 14.3. The van der Waals surface area contributed by atoms with Crippen molar-refractivity contribution >= 4 is 11.7 Å². The van der Waals surface area contributed by atoms with Crippen LogP contribution in [-0.4, -0.2) is 27.9 Å². The standard InChI is InChI=1S/C12H18N2O4/c1-12(2,5-15)10(14)7-3-8(13)6(11(17)18)4-9(7)16/h3-4,10,15-16H,5,13-14H2,1-2H3,(H,17,18)/t10-/m0/s1. The lowest BCUT2D eigenvalue weighted by atomic mass is 9.81. The predicted octanol–water partition coefficient (Wildman–Crippen LogP) is 0.691. The number of hydrogen-bond acceptors (Lipinski definition) is 5. The fourth-order valence-electron chi connectivity index (χ4n) is 1.58. The minimum Gasteiger partial charge on any atom is -0.508 e. The summed E-state index contributed by atoms with van der Waals surface area (Å²) in [4.78, 5) is 10.8. The predicted molar refractivity (Wildman–Crippen MR) is 67.3 cm³/mol. The van der Waals surface area contributed by atoms with Crippen LogP contribution < -0.4 is 11.5 Å². The van der Waals surface area contributed by atoms with Gasteiger partial charge < -0.3 is 26.8 Å². The van der Waals surface area contributed by atoms with Gasteiger partial charge in [-0.05, 0) is 12.1 Å². The van der Waals surface area contributed by atoms with E-state index in [2.05, 4.69) is 0 Å². The summed E-state index contributed by atoms with van der Waals surface area (Å²) in [6.45, 7) is 3.30. The van der Waals surface area contributed by atoms with Crippen LogP contribution >= 0.6 is 0 Å². The van der Waals surface area contributed by atoms with Gasteiger partial charge in [0.1, 0.15) is 5.75 Å². The number of benzene rings is 1. The Morgan fingerprint density at radius 1 is 1.44 bits per heavy atom. The lowest BCUT2D eigenvalue weighted by molar-refractivity contribution is 0.0697. The lowest BCUT2D eigenvalue weighted by Crippen LogP contribution is -2.32. The first-order chi connectivity index (χ1) is 8.20. The molecule has 0 heterocycles. The van der Waals surface area contributed by atoms with E-state index in [0.717, 1.165) is 6.07 Å². The maximum atomic E-state index is 10.8. The van der Waals surface area contributed by atoms with Crippen LogP contribution in [0.3, 0.4) is 0 Å². The van der Waals surface area contributed by atoms with Crippen LogP contribution in [0.4, 0.5) is 5.69 Å². The quantitative estimate of drug-likeness (QED) is 0.397. The molecule has 7 N–H and O–H groups in total. The molecule has 0 aliphatic heterocycles. The number of carboxylic acids is 1. The molecule has 0 saturated carbocycles. The first-order valence-electron chi connectivity index (χ1n) is 5.43. The number of aromatic hydroxyl groups is 1. The van der Waals surface area contributed by atoms with Gasteiger partial charge in [-0.25, -0.2) is 4.79 Å². The van der Waals surface area contributed by atoms with E-state index >= 15 is 0 Å². The Labute approximate surface area is 105 Å². The summed E-state index contributed by atoms with van der Waals surface area (Å²) in [6.07, 6.45) is 0. The molecule has 18 heavy (non-hydrogen) atoms. The Bertz CT molecular complexity index is 471. The van der Waals surface area contributed by atoms with E-state index in [1.807, 2.05) is 0 Å². The lowest BCUT2D eigenvalue weighted by Gasteiger charge is -2.30. The molecule has 100 valence electrons.